The standard InChI is InChI=1S/C14H15N5O2S/c15-12(20)11-8-3-1-2-4-9(8)22-13(11)19-14(21)18-10-7-16-5-6-17-10/h5-7H,1-4H2,(H2,15,20)(H2,17,18,19,21). The summed E-state index contributed by atoms with van der Waals surface area (Å²) >= 11 is 1.42. The topological polar surface area (TPSA) is 110 Å². The van der Waals surface area contributed by atoms with Crippen LogP contribution in [0.5, 0.6) is 0 Å². The molecule has 0 bridgehead atoms. The lowest BCUT2D eigenvalue weighted by Crippen LogP contribution is -2.22. The molecular formula is C14H15N5O2S. The number of nitrogens with one attached hydrogen (secondary N) is 2. The molecule has 22 heavy (non-hydrogen) atoms. The Morgan fingerprint density at radius 3 is 2.73 bits per heavy atom. The summed E-state index contributed by atoms with van der Waals surface area (Å²) in [5.74, 6) is -0.170. The van der Waals surface area contributed by atoms with Crippen molar-refractivity contribution in [1.29, 1.82) is 0 Å². The summed E-state index contributed by atoms with van der Waals surface area (Å²) in [7, 11) is 0. The molecule has 0 fully saturated rings. The molecule has 1 aliphatic carbocycles. The van der Waals surface area contributed by atoms with E-state index in [9.17, 15) is 9.59 Å². The fourth-order valence-electron chi connectivity index (χ4n) is 2.53. The molecular weight excluding hydrogens is 302 g/mol. The van der Waals surface area contributed by atoms with Gasteiger partial charge in [-0.3, -0.25) is 20.4 Å². The maximum absolute atomic E-state index is 12.0. The van der Waals surface area contributed by atoms with Crippen LogP contribution in [0.15, 0.2) is 18.6 Å². The lowest BCUT2D eigenvalue weighted by molar-refractivity contribution is 0.100. The van der Waals surface area contributed by atoms with Crippen molar-refractivity contribution in [3.8, 4) is 0 Å². The number of nitrogens with two attached hydrogens (primary N) is 1. The summed E-state index contributed by atoms with van der Waals surface area (Å²) in [6.45, 7) is 0. The highest BCUT2D eigenvalue weighted by Crippen LogP contribution is 2.37. The van der Waals surface area contributed by atoms with Crippen LogP contribution in [0.2, 0.25) is 0 Å². The molecule has 114 valence electrons. The lowest BCUT2D eigenvalue weighted by atomic mass is 9.95. The molecule has 2 heterocycles. The Hall–Kier alpha value is -2.48. The van der Waals surface area contributed by atoms with Crippen molar-refractivity contribution in [2.45, 2.75) is 25.7 Å². The number of aryl methyl sites for hydroxylation is 1. The van der Waals surface area contributed by atoms with E-state index in [4.69, 9.17) is 5.73 Å². The van der Waals surface area contributed by atoms with Crippen molar-refractivity contribution >= 4 is 34.1 Å². The maximum Gasteiger partial charge on any atom is 0.325 e. The van der Waals surface area contributed by atoms with Gasteiger partial charge in [-0.2, -0.15) is 0 Å². The number of anilines is 2. The number of primary amides is 1. The normalized spacial score (nSPS) is 13.3. The summed E-state index contributed by atoms with van der Waals surface area (Å²) in [6.07, 6.45) is 8.32. The predicted octanol–water partition coefficient (Wildman–Crippen LogP) is 2.16. The maximum atomic E-state index is 12.0. The number of aromatic nitrogens is 2. The third-order valence-electron chi connectivity index (χ3n) is 3.45. The Bertz CT molecular complexity index is 714. The van der Waals surface area contributed by atoms with E-state index in [0.29, 0.717) is 16.4 Å². The third kappa shape index (κ3) is 2.91. The first-order valence-corrected chi connectivity index (χ1v) is 7.75. The van der Waals surface area contributed by atoms with Gasteiger partial charge in [0.2, 0.25) is 0 Å². The van der Waals surface area contributed by atoms with Crippen molar-refractivity contribution in [3.05, 3.63) is 34.6 Å². The lowest BCUT2D eigenvalue weighted by Gasteiger charge is -2.11. The molecule has 1 aliphatic rings. The highest BCUT2D eigenvalue weighted by Gasteiger charge is 2.24. The Labute approximate surface area is 131 Å². The molecule has 2 aromatic heterocycles. The quantitative estimate of drug-likeness (QED) is 0.805. The molecule has 0 spiro atoms. The minimum atomic E-state index is -0.505. The van der Waals surface area contributed by atoms with Crippen LogP contribution in [0.1, 0.15) is 33.6 Å². The number of thiophene rings is 1. The van der Waals surface area contributed by atoms with Gasteiger partial charge in [0.1, 0.15) is 5.00 Å². The largest absolute Gasteiger partial charge is 0.365 e. The van der Waals surface area contributed by atoms with E-state index < -0.39 is 11.9 Å². The molecule has 0 unspecified atom stereocenters. The van der Waals surface area contributed by atoms with E-state index >= 15 is 0 Å². The fraction of sp³-hybridized carbons (Fsp3) is 0.286. The van der Waals surface area contributed by atoms with Crippen LogP contribution in [0, 0.1) is 0 Å². The molecule has 0 radical (unpaired) electrons. The Balaban J connectivity index is 1.81. The third-order valence-corrected chi connectivity index (χ3v) is 4.66. The van der Waals surface area contributed by atoms with Crippen LogP contribution in [-0.2, 0) is 12.8 Å². The Kier molecular flexibility index (Phi) is 4.01. The van der Waals surface area contributed by atoms with Crippen molar-refractivity contribution in [3.63, 3.8) is 0 Å². The van der Waals surface area contributed by atoms with E-state index in [2.05, 4.69) is 20.6 Å². The number of fused-ring (bicyclic) bond motifs is 1. The van der Waals surface area contributed by atoms with Gasteiger partial charge < -0.3 is 5.73 Å². The fourth-order valence-corrected chi connectivity index (χ4v) is 3.82. The smallest absolute Gasteiger partial charge is 0.325 e. The van der Waals surface area contributed by atoms with Crippen LogP contribution >= 0.6 is 11.3 Å². The van der Waals surface area contributed by atoms with E-state index in [1.807, 2.05) is 0 Å². The monoisotopic (exact) mass is 317 g/mol. The molecule has 7 nitrogen and oxygen atoms in total. The number of nitrogens with zero attached hydrogens (tertiary/aromatic N) is 2. The van der Waals surface area contributed by atoms with Gasteiger partial charge in [-0.1, -0.05) is 0 Å². The number of urea groups is 1. The zero-order valence-electron chi connectivity index (χ0n) is 11.8. The first-order chi connectivity index (χ1) is 10.6. The SMILES string of the molecule is NC(=O)c1c(NC(=O)Nc2cnccn2)sc2c1CCCC2. The van der Waals surface area contributed by atoms with Crippen LogP contribution < -0.4 is 16.4 Å². The molecule has 0 atom stereocenters. The number of amides is 3. The molecule has 4 N–H and O–H groups in total. The summed E-state index contributed by atoms with van der Waals surface area (Å²) in [5.41, 5.74) is 6.91. The van der Waals surface area contributed by atoms with Crippen molar-refractivity contribution in [2.75, 3.05) is 10.6 Å². The van der Waals surface area contributed by atoms with E-state index in [1.165, 1.54) is 29.9 Å². The first-order valence-electron chi connectivity index (χ1n) is 6.93. The van der Waals surface area contributed by atoms with Gasteiger partial charge in [0.05, 0.1) is 11.8 Å². The predicted molar refractivity (Wildman–Crippen MR) is 84.2 cm³/mol. The second-order valence-corrected chi connectivity index (χ2v) is 6.05. The second-order valence-electron chi connectivity index (χ2n) is 4.95. The average molecular weight is 317 g/mol. The number of rotatable bonds is 3. The van der Waals surface area contributed by atoms with Gasteiger partial charge in [0.15, 0.2) is 5.82 Å². The average Bonchev–Trinajstić information content (AvgIpc) is 2.85. The molecule has 2 aromatic rings. The molecule has 3 rings (SSSR count). The van der Waals surface area contributed by atoms with Gasteiger partial charge in [-0.25, -0.2) is 9.78 Å². The summed E-state index contributed by atoms with van der Waals surface area (Å²) in [4.78, 5) is 32.7. The summed E-state index contributed by atoms with van der Waals surface area (Å²) in [5, 5.41) is 5.77. The van der Waals surface area contributed by atoms with E-state index in [-0.39, 0.29) is 0 Å². The van der Waals surface area contributed by atoms with Crippen molar-refractivity contribution in [1.82, 2.24) is 9.97 Å². The van der Waals surface area contributed by atoms with Gasteiger partial charge in [-0.15, -0.1) is 11.3 Å². The van der Waals surface area contributed by atoms with Crippen molar-refractivity contribution < 1.29 is 9.59 Å². The Morgan fingerprint density at radius 1 is 1.18 bits per heavy atom. The van der Waals surface area contributed by atoms with Crippen LogP contribution in [-0.4, -0.2) is 21.9 Å². The number of carbonyl (C=O) groups is 2. The van der Waals surface area contributed by atoms with E-state index in [0.717, 1.165) is 36.1 Å². The zero-order chi connectivity index (χ0) is 15.5. The van der Waals surface area contributed by atoms with Crippen LogP contribution in [0.25, 0.3) is 0 Å². The molecule has 8 heteroatoms. The molecule has 0 aromatic carbocycles. The minimum Gasteiger partial charge on any atom is -0.365 e. The van der Waals surface area contributed by atoms with Gasteiger partial charge in [0, 0.05) is 17.3 Å². The molecule has 3 amide bonds. The zero-order valence-corrected chi connectivity index (χ0v) is 12.6. The summed E-state index contributed by atoms with van der Waals surface area (Å²) in [6, 6.07) is -0.471. The highest BCUT2D eigenvalue weighted by molar-refractivity contribution is 7.17. The molecule has 0 saturated heterocycles. The number of hydrogen-bond acceptors (Lipinski definition) is 5. The van der Waals surface area contributed by atoms with Crippen LogP contribution in [0.4, 0.5) is 15.6 Å². The van der Waals surface area contributed by atoms with Gasteiger partial charge >= 0.3 is 6.03 Å². The first kappa shape index (κ1) is 14.5. The second kappa shape index (κ2) is 6.10. The van der Waals surface area contributed by atoms with Gasteiger partial charge in [0.25, 0.3) is 5.91 Å². The van der Waals surface area contributed by atoms with Crippen LogP contribution in [0.3, 0.4) is 0 Å². The summed E-state index contributed by atoms with van der Waals surface area (Å²) < 4.78 is 0. The van der Waals surface area contributed by atoms with Crippen molar-refractivity contribution in [2.24, 2.45) is 5.73 Å². The molecule has 0 aliphatic heterocycles. The van der Waals surface area contributed by atoms with E-state index in [1.54, 1.807) is 0 Å². The number of carbonyl (C=O) groups excluding carboxylic acids is 2. The highest BCUT2D eigenvalue weighted by atomic mass is 32.1. The molecule has 0 saturated carbocycles. The Morgan fingerprint density at radius 2 is 2.00 bits per heavy atom. The minimum absolute atomic E-state index is 0.335. The number of hydrogen-bond donors (Lipinski definition) is 3. The van der Waals surface area contributed by atoms with Gasteiger partial charge in [-0.05, 0) is 31.2 Å².